The molecule has 0 aliphatic heterocycles. The minimum Gasteiger partial charge on any atom is -0.368 e. The third kappa shape index (κ3) is 7.00. The fraction of sp³-hybridized carbons (Fsp3) is 0.286. The van der Waals surface area contributed by atoms with Crippen LogP contribution in [0, 0.1) is 0 Å². The van der Waals surface area contributed by atoms with E-state index in [4.69, 9.17) is 5.73 Å². The van der Waals surface area contributed by atoms with Crippen molar-refractivity contribution in [3.8, 4) is 0 Å². The predicted molar refractivity (Wildman–Crippen MR) is 112 cm³/mol. The average molecular weight is 432 g/mol. The smallest absolute Gasteiger partial charge is 0.243 e. The molecule has 0 heterocycles. The maximum Gasteiger partial charge on any atom is 0.243 e. The molecule has 0 unspecified atom stereocenters. The van der Waals surface area contributed by atoms with Gasteiger partial charge in [0.2, 0.25) is 17.7 Å². The van der Waals surface area contributed by atoms with Crippen LogP contribution >= 0.6 is 0 Å². The van der Waals surface area contributed by atoms with Gasteiger partial charge < -0.3 is 16.4 Å². The lowest BCUT2D eigenvalue weighted by Crippen LogP contribution is -2.53. The van der Waals surface area contributed by atoms with Gasteiger partial charge in [0.1, 0.15) is 12.1 Å². The van der Waals surface area contributed by atoms with Crippen molar-refractivity contribution in [1.29, 1.82) is 0 Å². The van der Waals surface area contributed by atoms with E-state index in [0.29, 0.717) is 0 Å². The second kappa shape index (κ2) is 10.5. The number of hydrogen-bond acceptors (Lipinski definition) is 5. The molecule has 160 valence electrons. The lowest BCUT2D eigenvalue weighted by Gasteiger charge is -2.21. The summed E-state index contributed by atoms with van der Waals surface area (Å²) in [5, 5.41) is 5.02. The second-order valence-corrected chi connectivity index (χ2v) is 8.94. The lowest BCUT2D eigenvalue weighted by molar-refractivity contribution is -0.130. The highest BCUT2D eigenvalue weighted by molar-refractivity contribution is 7.91. The van der Waals surface area contributed by atoms with E-state index in [-0.39, 0.29) is 23.5 Å². The maximum absolute atomic E-state index is 12.7. The zero-order valence-electron chi connectivity index (χ0n) is 16.6. The van der Waals surface area contributed by atoms with Crippen molar-refractivity contribution in [1.82, 2.24) is 10.6 Å². The summed E-state index contributed by atoms with van der Waals surface area (Å²) in [7, 11) is -3.64. The Morgan fingerprint density at radius 2 is 1.47 bits per heavy atom. The summed E-state index contributed by atoms with van der Waals surface area (Å²) in [6.07, 6.45) is 0.0243. The first-order valence-electron chi connectivity index (χ1n) is 9.37. The molecule has 0 fully saturated rings. The van der Waals surface area contributed by atoms with Crippen LogP contribution in [0.3, 0.4) is 0 Å². The summed E-state index contributed by atoms with van der Waals surface area (Å²) in [6, 6.07) is 14.7. The largest absolute Gasteiger partial charge is 0.368 e. The molecule has 2 rings (SSSR count). The van der Waals surface area contributed by atoms with Crippen molar-refractivity contribution >= 4 is 27.6 Å². The number of nitrogens with one attached hydrogen (secondary N) is 2. The number of carbonyl (C=O) groups is 3. The Kier molecular flexibility index (Phi) is 8.11. The number of rotatable bonds is 10. The van der Waals surface area contributed by atoms with E-state index in [2.05, 4.69) is 10.6 Å². The van der Waals surface area contributed by atoms with E-state index in [1.807, 2.05) is 6.07 Å². The Morgan fingerprint density at radius 1 is 0.900 bits per heavy atom. The van der Waals surface area contributed by atoms with Gasteiger partial charge >= 0.3 is 0 Å². The third-order valence-corrected chi connectivity index (χ3v) is 6.18. The molecule has 0 saturated heterocycles. The molecule has 4 N–H and O–H groups in total. The van der Waals surface area contributed by atoms with Gasteiger partial charge in [0.15, 0.2) is 9.84 Å². The van der Waals surface area contributed by atoms with Crippen molar-refractivity contribution in [3.05, 3.63) is 66.2 Å². The maximum atomic E-state index is 12.7. The normalized spacial score (nSPS) is 13.1. The highest BCUT2D eigenvalue weighted by atomic mass is 32.2. The van der Waals surface area contributed by atoms with Gasteiger partial charge in [-0.25, -0.2) is 8.42 Å². The van der Waals surface area contributed by atoms with Gasteiger partial charge in [-0.15, -0.1) is 0 Å². The van der Waals surface area contributed by atoms with E-state index in [0.717, 1.165) is 5.56 Å². The molecule has 0 radical (unpaired) electrons. The van der Waals surface area contributed by atoms with Crippen LogP contribution in [0.2, 0.25) is 0 Å². The van der Waals surface area contributed by atoms with Crippen LogP contribution in [0.5, 0.6) is 0 Å². The fourth-order valence-corrected chi connectivity index (χ4v) is 4.23. The van der Waals surface area contributed by atoms with Crippen LogP contribution in [0.15, 0.2) is 65.6 Å². The molecule has 0 aliphatic rings. The Bertz CT molecular complexity index is 978. The van der Waals surface area contributed by atoms with E-state index in [1.165, 1.54) is 19.1 Å². The molecular weight excluding hydrogens is 406 g/mol. The van der Waals surface area contributed by atoms with Gasteiger partial charge in [0.25, 0.3) is 0 Å². The molecule has 3 amide bonds. The molecule has 2 aromatic carbocycles. The Balaban J connectivity index is 2.08. The average Bonchev–Trinajstić information content (AvgIpc) is 2.71. The second-order valence-electron chi connectivity index (χ2n) is 6.83. The zero-order chi connectivity index (χ0) is 22.1. The molecular formula is C21H25N3O5S. The predicted octanol–water partition coefficient (Wildman–Crippen LogP) is 0.568. The highest BCUT2D eigenvalue weighted by Crippen LogP contribution is 2.12. The third-order valence-electron chi connectivity index (χ3n) is 4.41. The minimum atomic E-state index is -3.64. The number of amides is 3. The minimum absolute atomic E-state index is 0.125. The van der Waals surface area contributed by atoms with Crippen LogP contribution in [-0.2, 0) is 30.6 Å². The lowest BCUT2D eigenvalue weighted by atomic mass is 10.0. The first-order chi connectivity index (χ1) is 14.2. The van der Waals surface area contributed by atoms with E-state index >= 15 is 0 Å². The van der Waals surface area contributed by atoms with Crippen LogP contribution in [0.25, 0.3) is 0 Å². The molecule has 8 nitrogen and oxygen atoms in total. The van der Waals surface area contributed by atoms with E-state index < -0.39 is 39.6 Å². The fourth-order valence-electron chi connectivity index (χ4n) is 2.88. The van der Waals surface area contributed by atoms with Crippen molar-refractivity contribution < 1.29 is 22.8 Å². The quantitative estimate of drug-likeness (QED) is 0.505. The number of sulfone groups is 1. The molecule has 30 heavy (non-hydrogen) atoms. The summed E-state index contributed by atoms with van der Waals surface area (Å²) in [6.45, 7) is 1.28. The molecule has 0 aliphatic carbocycles. The summed E-state index contributed by atoms with van der Waals surface area (Å²) in [5.41, 5.74) is 6.18. The summed E-state index contributed by atoms with van der Waals surface area (Å²) >= 11 is 0. The molecule has 2 atom stereocenters. The Labute approximate surface area is 175 Å². The molecule has 2 aromatic rings. The van der Waals surface area contributed by atoms with Crippen molar-refractivity contribution in [2.45, 2.75) is 36.7 Å². The SMILES string of the molecule is CC(=O)N[C@H](Cc1ccccc1)C(=O)N[C@@H](CCS(=O)(=O)c1ccccc1)C(N)=O. The van der Waals surface area contributed by atoms with Crippen molar-refractivity contribution in [2.24, 2.45) is 5.73 Å². The Hall–Kier alpha value is -3.20. The highest BCUT2D eigenvalue weighted by Gasteiger charge is 2.27. The van der Waals surface area contributed by atoms with Crippen LogP contribution in [-0.4, -0.2) is 44.0 Å². The zero-order valence-corrected chi connectivity index (χ0v) is 17.4. The van der Waals surface area contributed by atoms with Crippen molar-refractivity contribution in [3.63, 3.8) is 0 Å². The standard InChI is InChI=1S/C21H25N3O5S/c1-15(25)23-19(14-16-8-4-2-5-9-16)21(27)24-18(20(22)26)12-13-30(28,29)17-10-6-3-7-11-17/h2-11,18-19H,12-14H2,1H3,(H2,22,26)(H,23,25)(H,24,27)/t18-,19+/m0/s1. The molecule has 0 spiro atoms. The number of nitrogens with two attached hydrogens (primary N) is 1. The van der Waals surface area contributed by atoms with Crippen molar-refractivity contribution in [2.75, 3.05) is 5.75 Å². The first kappa shape index (κ1) is 23.1. The van der Waals surface area contributed by atoms with Gasteiger partial charge in [-0.05, 0) is 24.1 Å². The summed E-state index contributed by atoms with van der Waals surface area (Å²) < 4.78 is 24.9. The Morgan fingerprint density at radius 3 is 2.00 bits per heavy atom. The molecule has 0 saturated carbocycles. The van der Waals surface area contributed by atoms with E-state index in [1.54, 1.807) is 42.5 Å². The van der Waals surface area contributed by atoms with Gasteiger partial charge in [-0.1, -0.05) is 48.5 Å². The van der Waals surface area contributed by atoms with Gasteiger partial charge in [0, 0.05) is 13.3 Å². The number of primary amides is 1. The molecule has 0 bridgehead atoms. The van der Waals surface area contributed by atoms with Crippen LogP contribution < -0.4 is 16.4 Å². The molecule has 0 aromatic heterocycles. The first-order valence-corrected chi connectivity index (χ1v) is 11.0. The van der Waals surface area contributed by atoms with Gasteiger partial charge in [0.05, 0.1) is 10.6 Å². The van der Waals surface area contributed by atoms with Gasteiger partial charge in [-0.3, -0.25) is 14.4 Å². The number of hydrogen-bond donors (Lipinski definition) is 3. The monoisotopic (exact) mass is 431 g/mol. The number of benzene rings is 2. The van der Waals surface area contributed by atoms with Gasteiger partial charge in [-0.2, -0.15) is 0 Å². The molecule has 9 heteroatoms. The topological polar surface area (TPSA) is 135 Å². The van der Waals surface area contributed by atoms with E-state index in [9.17, 15) is 22.8 Å². The van der Waals surface area contributed by atoms with Crippen LogP contribution in [0.1, 0.15) is 18.9 Å². The van der Waals surface area contributed by atoms with Crippen LogP contribution in [0.4, 0.5) is 0 Å². The summed E-state index contributed by atoms with van der Waals surface area (Å²) in [5.74, 6) is -2.25. The summed E-state index contributed by atoms with van der Waals surface area (Å²) in [4.78, 5) is 36.2. The number of carbonyl (C=O) groups excluding carboxylic acids is 3.